The Kier molecular flexibility index (Phi) is 5.74. The average Bonchev–Trinajstić information content (AvgIpc) is 2.89. The first kappa shape index (κ1) is 16.0. The lowest BCUT2D eigenvalue weighted by molar-refractivity contribution is -0.125. The molecule has 1 aliphatic carbocycles. The minimum Gasteiger partial charge on any atom is -0.393 e. The molecule has 4 heteroatoms. The molecule has 1 aliphatic rings. The molecule has 1 amide bonds. The number of hydrogen-bond donors (Lipinski definition) is 2. The van der Waals surface area contributed by atoms with Gasteiger partial charge in [-0.05, 0) is 37.3 Å². The highest BCUT2D eigenvalue weighted by Crippen LogP contribution is 2.24. The molecule has 0 saturated heterocycles. The van der Waals surface area contributed by atoms with Crippen molar-refractivity contribution in [1.82, 2.24) is 5.32 Å². The Morgan fingerprint density at radius 3 is 2.86 bits per heavy atom. The van der Waals surface area contributed by atoms with Crippen molar-refractivity contribution in [2.75, 3.05) is 6.54 Å². The third-order valence-corrected chi connectivity index (χ3v) is 4.41. The fraction of sp³-hybridized carbons (Fsp3) is 0.588. The number of halogens is 1. The molecule has 0 aliphatic heterocycles. The van der Waals surface area contributed by atoms with E-state index in [1.807, 2.05) is 13.0 Å². The van der Waals surface area contributed by atoms with Crippen LogP contribution in [0.15, 0.2) is 24.3 Å². The van der Waals surface area contributed by atoms with E-state index >= 15 is 0 Å². The third-order valence-electron chi connectivity index (χ3n) is 4.41. The molecule has 0 bridgehead atoms. The van der Waals surface area contributed by atoms with Gasteiger partial charge in [-0.25, -0.2) is 4.39 Å². The van der Waals surface area contributed by atoms with Gasteiger partial charge in [0.1, 0.15) is 5.82 Å². The van der Waals surface area contributed by atoms with Gasteiger partial charge < -0.3 is 10.4 Å². The van der Waals surface area contributed by atoms with Crippen LogP contribution in [0, 0.1) is 17.7 Å². The number of aliphatic hydroxyl groups is 1. The van der Waals surface area contributed by atoms with Crippen LogP contribution >= 0.6 is 0 Å². The van der Waals surface area contributed by atoms with Gasteiger partial charge in [0.25, 0.3) is 0 Å². The highest BCUT2D eigenvalue weighted by molar-refractivity contribution is 5.78. The van der Waals surface area contributed by atoms with Crippen LogP contribution in [0.5, 0.6) is 0 Å². The SMILES string of the molecule is CC(CCc1ccccc1F)C(=O)NCC1CCCC1O. The summed E-state index contributed by atoms with van der Waals surface area (Å²) in [4.78, 5) is 12.0. The molecule has 0 spiro atoms. The smallest absolute Gasteiger partial charge is 0.222 e. The molecule has 3 atom stereocenters. The van der Waals surface area contributed by atoms with E-state index in [-0.39, 0.29) is 29.7 Å². The van der Waals surface area contributed by atoms with Crippen LogP contribution in [0.4, 0.5) is 4.39 Å². The number of amides is 1. The van der Waals surface area contributed by atoms with Crippen LogP contribution in [0.3, 0.4) is 0 Å². The van der Waals surface area contributed by atoms with Crippen LogP contribution in [-0.4, -0.2) is 23.7 Å². The number of nitrogens with one attached hydrogen (secondary N) is 1. The lowest BCUT2D eigenvalue weighted by Crippen LogP contribution is -2.35. The van der Waals surface area contributed by atoms with E-state index in [1.54, 1.807) is 12.1 Å². The summed E-state index contributed by atoms with van der Waals surface area (Å²) in [6.07, 6.45) is 3.76. The summed E-state index contributed by atoms with van der Waals surface area (Å²) < 4.78 is 13.5. The molecule has 0 heterocycles. The van der Waals surface area contributed by atoms with Gasteiger partial charge in [0.05, 0.1) is 6.10 Å². The number of aryl methyl sites for hydroxylation is 1. The largest absolute Gasteiger partial charge is 0.393 e. The summed E-state index contributed by atoms with van der Waals surface area (Å²) in [5.74, 6) is -0.180. The Labute approximate surface area is 125 Å². The van der Waals surface area contributed by atoms with Crippen LogP contribution < -0.4 is 5.32 Å². The van der Waals surface area contributed by atoms with E-state index in [1.165, 1.54) is 6.07 Å². The Hall–Kier alpha value is -1.42. The molecule has 0 aromatic heterocycles. The van der Waals surface area contributed by atoms with Crippen molar-refractivity contribution in [2.24, 2.45) is 11.8 Å². The zero-order chi connectivity index (χ0) is 15.2. The molecule has 116 valence electrons. The van der Waals surface area contributed by atoms with Gasteiger partial charge in [-0.1, -0.05) is 31.5 Å². The quantitative estimate of drug-likeness (QED) is 0.847. The molecular formula is C17H24FNO2. The maximum atomic E-state index is 13.5. The number of benzene rings is 1. The highest BCUT2D eigenvalue weighted by Gasteiger charge is 2.26. The van der Waals surface area contributed by atoms with Crippen molar-refractivity contribution in [3.05, 3.63) is 35.6 Å². The molecule has 1 fully saturated rings. The minimum atomic E-state index is -0.279. The number of hydrogen-bond acceptors (Lipinski definition) is 2. The monoisotopic (exact) mass is 293 g/mol. The zero-order valence-electron chi connectivity index (χ0n) is 12.5. The first-order valence-electron chi connectivity index (χ1n) is 7.77. The third kappa shape index (κ3) is 4.53. The molecule has 2 N–H and O–H groups in total. The molecule has 1 saturated carbocycles. The summed E-state index contributed by atoms with van der Waals surface area (Å²) in [7, 11) is 0. The van der Waals surface area contributed by atoms with Gasteiger partial charge in [0.2, 0.25) is 5.91 Å². The minimum absolute atomic E-state index is 0.00885. The normalized spacial score (nSPS) is 23.0. The first-order valence-corrected chi connectivity index (χ1v) is 7.77. The number of carbonyl (C=O) groups excluding carboxylic acids is 1. The topological polar surface area (TPSA) is 49.3 Å². The summed E-state index contributed by atoms with van der Waals surface area (Å²) in [6, 6.07) is 6.68. The van der Waals surface area contributed by atoms with E-state index in [2.05, 4.69) is 5.32 Å². The fourth-order valence-electron chi connectivity index (χ4n) is 2.87. The predicted octanol–water partition coefficient (Wildman–Crippen LogP) is 2.67. The van der Waals surface area contributed by atoms with Crippen LogP contribution in [0.2, 0.25) is 0 Å². The summed E-state index contributed by atoms with van der Waals surface area (Å²) >= 11 is 0. The second-order valence-corrected chi connectivity index (χ2v) is 6.03. The molecule has 3 unspecified atom stereocenters. The highest BCUT2D eigenvalue weighted by atomic mass is 19.1. The average molecular weight is 293 g/mol. The van der Waals surface area contributed by atoms with E-state index in [9.17, 15) is 14.3 Å². The van der Waals surface area contributed by atoms with Crippen molar-refractivity contribution in [3.8, 4) is 0 Å². The van der Waals surface area contributed by atoms with Gasteiger partial charge in [-0.15, -0.1) is 0 Å². The summed E-state index contributed by atoms with van der Waals surface area (Å²) in [5, 5.41) is 12.6. The standard InChI is InChI=1S/C17H24FNO2/c1-12(9-10-13-5-2-3-7-15(13)18)17(21)19-11-14-6-4-8-16(14)20/h2-3,5,7,12,14,16,20H,4,6,8-11H2,1H3,(H,19,21). The molecule has 0 radical (unpaired) electrons. The van der Waals surface area contributed by atoms with Crippen molar-refractivity contribution in [1.29, 1.82) is 0 Å². The lowest BCUT2D eigenvalue weighted by Gasteiger charge is -2.17. The Morgan fingerprint density at radius 2 is 2.19 bits per heavy atom. The maximum absolute atomic E-state index is 13.5. The first-order chi connectivity index (χ1) is 10.1. The molecule has 1 aromatic carbocycles. The lowest BCUT2D eigenvalue weighted by atomic mass is 9.99. The molecule has 2 rings (SSSR count). The van der Waals surface area contributed by atoms with E-state index in [4.69, 9.17) is 0 Å². The van der Waals surface area contributed by atoms with Gasteiger partial charge in [-0.2, -0.15) is 0 Å². The van der Waals surface area contributed by atoms with Gasteiger partial charge in [-0.3, -0.25) is 4.79 Å². The Bertz CT molecular complexity index is 478. The molecule has 21 heavy (non-hydrogen) atoms. The number of carbonyl (C=O) groups is 1. The molecule has 3 nitrogen and oxygen atoms in total. The van der Waals surface area contributed by atoms with Gasteiger partial charge >= 0.3 is 0 Å². The Morgan fingerprint density at radius 1 is 1.43 bits per heavy atom. The van der Waals surface area contributed by atoms with Crippen LogP contribution in [-0.2, 0) is 11.2 Å². The van der Waals surface area contributed by atoms with E-state index in [0.717, 1.165) is 19.3 Å². The molecular weight excluding hydrogens is 269 g/mol. The van der Waals surface area contributed by atoms with Gasteiger partial charge in [0.15, 0.2) is 0 Å². The fourth-order valence-corrected chi connectivity index (χ4v) is 2.87. The number of aliphatic hydroxyl groups excluding tert-OH is 1. The predicted molar refractivity (Wildman–Crippen MR) is 80.2 cm³/mol. The van der Waals surface area contributed by atoms with Crippen molar-refractivity contribution >= 4 is 5.91 Å². The summed E-state index contributed by atoms with van der Waals surface area (Å²) in [5.41, 5.74) is 0.656. The van der Waals surface area contributed by atoms with Crippen molar-refractivity contribution < 1.29 is 14.3 Å². The summed E-state index contributed by atoms with van der Waals surface area (Å²) in [6.45, 7) is 2.41. The van der Waals surface area contributed by atoms with Crippen LogP contribution in [0.1, 0.15) is 38.2 Å². The molecule has 1 aromatic rings. The Balaban J connectivity index is 1.73. The van der Waals surface area contributed by atoms with Crippen molar-refractivity contribution in [3.63, 3.8) is 0 Å². The maximum Gasteiger partial charge on any atom is 0.222 e. The zero-order valence-corrected chi connectivity index (χ0v) is 12.5. The van der Waals surface area contributed by atoms with Gasteiger partial charge in [0, 0.05) is 18.4 Å². The van der Waals surface area contributed by atoms with E-state index in [0.29, 0.717) is 24.9 Å². The van der Waals surface area contributed by atoms with Crippen molar-refractivity contribution in [2.45, 2.75) is 45.1 Å². The van der Waals surface area contributed by atoms with Crippen LogP contribution in [0.25, 0.3) is 0 Å². The van der Waals surface area contributed by atoms with E-state index < -0.39 is 0 Å². The second-order valence-electron chi connectivity index (χ2n) is 6.03. The second kappa shape index (κ2) is 7.55. The number of rotatable bonds is 6.